The van der Waals surface area contributed by atoms with Gasteiger partial charge in [0.1, 0.15) is 6.10 Å². The lowest BCUT2D eigenvalue weighted by atomic mass is 9.91. The third-order valence-corrected chi connectivity index (χ3v) is 6.16. The first-order valence-corrected chi connectivity index (χ1v) is 11.0. The van der Waals surface area contributed by atoms with E-state index in [9.17, 15) is 10.4 Å². The van der Waals surface area contributed by atoms with Crippen molar-refractivity contribution in [3.8, 4) is 28.5 Å². The maximum absolute atomic E-state index is 11.7. The molecule has 0 aliphatic rings. The zero-order valence-corrected chi connectivity index (χ0v) is 18.7. The minimum Gasteiger partial charge on any atom is -0.384 e. The van der Waals surface area contributed by atoms with Crippen molar-refractivity contribution < 1.29 is 5.11 Å². The molecule has 0 saturated heterocycles. The van der Waals surface area contributed by atoms with E-state index in [4.69, 9.17) is 0 Å². The highest BCUT2D eigenvalue weighted by Gasteiger charge is 2.26. The molecular formula is C30H24N2O. The Morgan fingerprint density at radius 3 is 2.00 bits per heavy atom. The lowest BCUT2D eigenvalue weighted by Gasteiger charge is -2.15. The summed E-state index contributed by atoms with van der Waals surface area (Å²) in [7, 11) is 0. The fraction of sp³-hybridized carbons (Fsp3) is 0.100. The quantitative estimate of drug-likeness (QED) is 0.340. The summed E-state index contributed by atoms with van der Waals surface area (Å²) in [6, 6.07) is 32.5. The van der Waals surface area contributed by atoms with Crippen LogP contribution in [0.25, 0.3) is 27.9 Å². The molecule has 3 heteroatoms. The number of nitrogens with zero attached hydrogens (tertiary/aromatic N) is 2. The van der Waals surface area contributed by atoms with E-state index in [1.807, 2.05) is 48.7 Å². The van der Waals surface area contributed by atoms with E-state index in [-0.39, 0.29) is 0 Å². The molecule has 1 N–H and O–H groups in total. The molecule has 3 nitrogen and oxygen atoms in total. The standard InChI is InChI=1S/C30H24N2O/c1-20-8-12-23(13-9-20)27-28(30(33)25-6-4-3-5-7-25)26-18-22(19-31)16-17-32(26)29(27)24-14-10-21(2)11-15-24/h3-18,30,33H,1-2H3. The van der Waals surface area contributed by atoms with Crippen LogP contribution in [0.5, 0.6) is 0 Å². The van der Waals surface area contributed by atoms with Crippen LogP contribution in [0.15, 0.2) is 97.2 Å². The summed E-state index contributed by atoms with van der Waals surface area (Å²) in [5.74, 6) is 0. The molecule has 3 aromatic carbocycles. The fourth-order valence-corrected chi connectivity index (χ4v) is 4.43. The lowest BCUT2D eigenvalue weighted by molar-refractivity contribution is 0.222. The number of aryl methyl sites for hydroxylation is 2. The minimum absolute atomic E-state index is 0.562. The van der Waals surface area contributed by atoms with Gasteiger partial charge in [-0.05, 0) is 42.7 Å². The van der Waals surface area contributed by atoms with Gasteiger partial charge in [-0.1, -0.05) is 90.0 Å². The van der Waals surface area contributed by atoms with Gasteiger partial charge in [-0.3, -0.25) is 0 Å². The fourth-order valence-electron chi connectivity index (χ4n) is 4.43. The van der Waals surface area contributed by atoms with E-state index in [1.54, 1.807) is 0 Å². The Kier molecular flexibility index (Phi) is 5.30. The molecule has 1 atom stereocenters. The number of aliphatic hydroxyl groups is 1. The molecule has 33 heavy (non-hydrogen) atoms. The number of benzene rings is 3. The Morgan fingerprint density at radius 1 is 0.788 bits per heavy atom. The van der Waals surface area contributed by atoms with Crippen LogP contribution in [0.1, 0.15) is 33.9 Å². The second-order valence-electron chi connectivity index (χ2n) is 8.47. The summed E-state index contributed by atoms with van der Waals surface area (Å²) in [5.41, 5.74) is 9.45. The highest BCUT2D eigenvalue weighted by atomic mass is 16.3. The van der Waals surface area contributed by atoms with E-state index in [0.29, 0.717) is 5.56 Å². The molecule has 0 spiro atoms. The largest absolute Gasteiger partial charge is 0.384 e. The first-order valence-electron chi connectivity index (χ1n) is 11.0. The van der Waals surface area contributed by atoms with Crippen molar-refractivity contribution >= 4 is 5.52 Å². The first kappa shape index (κ1) is 20.8. The van der Waals surface area contributed by atoms with Gasteiger partial charge in [0.2, 0.25) is 0 Å². The second kappa shape index (κ2) is 8.43. The molecule has 0 amide bonds. The SMILES string of the molecule is Cc1ccc(-c2c(C(O)c3ccccc3)c3cc(C#N)ccn3c2-c2ccc(C)cc2)cc1. The first-order chi connectivity index (χ1) is 16.1. The van der Waals surface area contributed by atoms with Crippen molar-refractivity contribution in [1.82, 2.24) is 4.40 Å². The summed E-state index contributed by atoms with van der Waals surface area (Å²) < 4.78 is 2.10. The molecule has 0 bridgehead atoms. The lowest BCUT2D eigenvalue weighted by Crippen LogP contribution is -2.01. The summed E-state index contributed by atoms with van der Waals surface area (Å²) >= 11 is 0. The van der Waals surface area contributed by atoms with Crippen LogP contribution in [-0.2, 0) is 0 Å². The molecule has 0 saturated carbocycles. The van der Waals surface area contributed by atoms with Crippen LogP contribution in [0.3, 0.4) is 0 Å². The van der Waals surface area contributed by atoms with Crippen molar-refractivity contribution in [3.63, 3.8) is 0 Å². The number of pyridine rings is 1. The molecule has 1 unspecified atom stereocenters. The van der Waals surface area contributed by atoms with Gasteiger partial charge in [0.05, 0.1) is 22.8 Å². The maximum atomic E-state index is 11.7. The van der Waals surface area contributed by atoms with E-state index in [0.717, 1.165) is 39.0 Å². The number of rotatable bonds is 4. The Hall–Kier alpha value is -4.13. The number of fused-ring (bicyclic) bond motifs is 1. The average Bonchev–Trinajstić information content (AvgIpc) is 3.19. The normalized spacial score (nSPS) is 11.9. The van der Waals surface area contributed by atoms with Gasteiger partial charge in [-0.2, -0.15) is 5.26 Å². The van der Waals surface area contributed by atoms with E-state index < -0.39 is 6.10 Å². The molecular weight excluding hydrogens is 404 g/mol. The Morgan fingerprint density at radius 2 is 1.39 bits per heavy atom. The van der Waals surface area contributed by atoms with Gasteiger partial charge in [-0.15, -0.1) is 0 Å². The van der Waals surface area contributed by atoms with Crippen LogP contribution in [-0.4, -0.2) is 9.51 Å². The third-order valence-electron chi connectivity index (χ3n) is 6.16. The second-order valence-corrected chi connectivity index (χ2v) is 8.47. The van der Waals surface area contributed by atoms with Crippen LogP contribution in [0, 0.1) is 25.2 Å². The monoisotopic (exact) mass is 428 g/mol. The molecule has 0 aliphatic heterocycles. The Bertz CT molecular complexity index is 1470. The highest BCUT2D eigenvalue weighted by molar-refractivity contribution is 5.92. The molecule has 2 aromatic heterocycles. The number of hydrogen-bond donors (Lipinski definition) is 1. The van der Waals surface area contributed by atoms with Crippen LogP contribution in [0.4, 0.5) is 0 Å². The van der Waals surface area contributed by atoms with E-state index in [2.05, 4.69) is 72.8 Å². The van der Waals surface area contributed by atoms with Crippen LogP contribution in [0.2, 0.25) is 0 Å². The zero-order valence-electron chi connectivity index (χ0n) is 18.7. The maximum Gasteiger partial charge on any atom is 0.107 e. The average molecular weight is 429 g/mol. The molecule has 5 aromatic rings. The number of hydrogen-bond acceptors (Lipinski definition) is 2. The van der Waals surface area contributed by atoms with Crippen molar-refractivity contribution in [3.05, 3.63) is 125 Å². The van der Waals surface area contributed by atoms with Crippen molar-refractivity contribution in [2.24, 2.45) is 0 Å². The molecule has 160 valence electrons. The summed E-state index contributed by atoms with van der Waals surface area (Å²) in [6.45, 7) is 4.14. The Balaban J connectivity index is 1.92. The Labute approximate surface area is 193 Å². The van der Waals surface area contributed by atoms with E-state index >= 15 is 0 Å². The summed E-state index contributed by atoms with van der Waals surface area (Å²) in [6.07, 6.45) is 1.09. The van der Waals surface area contributed by atoms with Gasteiger partial charge in [0.25, 0.3) is 0 Å². The molecule has 5 rings (SSSR count). The van der Waals surface area contributed by atoms with Gasteiger partial charge < -0.3 is 9.51 Å². The molecule has 0 aliphatic carbocycles. The van der Waals surface area contributed by atoms with E-state index in [1.165, 1.54) is 11.1 Å². The highest BCUT2D eigenvalue weighted by Crippen LogP contribution is 2.44. The molecule has 0 radical (unpaired) electrons. The predicted molar refractivity (Wildman–Crippen MR) is 133 cm³/mol. The smallest absolute Gasteiger partial charge is 0.107 e. The third kappa shape index (κ3) is 3.71. The molecule has 0 fully saturated rings. The van der Waals surface area contributed by atoms with Gasteiger partial charge in [-0.25, -0.2) is 0 Å². The molecule has 2 heterocycles. The van der Waals surface area contributed by atoms with Crippen molar-refractivity contribution in [2.45, 2.75) is 20.0 Å². The van der Waals surface area contributed by atoms with Gasteiger partial charge in [0.15, 0.2) is 0 Å². The predicted octanol–water partition coefficient (Wildman–Crippen LogP) is 6.84. The van der Waals surface area contributed by atoms with Crippen LogP contribution >= 0.6 is 0 Å². The number of aromatic nitrogens is 1. The number of nitriles is 1. The van der Waals surface area contributed by atoms with Crippen molar-refractivity contribution in [1.29, 1.82) is 5.26 Å². The van der Waals surface area contributed by atoms with Gasteiger partial charge in [0, 0.05) is 17.3 Å². The van der Waals surface area contributed by atoms with Gasteiger partial charge >= 0.3 is 0 Å². The summed E-state index contributed by atoms with van der Waals surface area (Å²) in [4.78, 5) is 0. The zero-order chi connectivity index (χ0) is 22.9. The van der Waals surface area contributed by atoms with Crippen LogP contribution < -0.4 is 0 Å². The van der Waals surface area contributed by atoms with Crippen molar-refractivity contribution in [2.75, 3.05) is 0 Å². The summed E-state index contributed by atoms with van der Waals surface area (Å²) in [5, 5.41) is 21.3. The minimum atomic E-state index is -0.842. The number of aliphatic hydroxyl groups excluding tert-OH is 1. The topological polar surface area (TPSA) is 48.4 Å².